The summed E-state index contributed by atoms with van der Waals surface area (Å²) in [7, 11) is 0. The third-order valence-electron chi connectivity index (χ3n) is 3.67. The second kappa shape index (κ2) is 8.09. The van der Waals surface area contributed by atoms with Crippen molar-refractivity contribution in [2.75, 3.05) is 5.32 Å². The molecule has 1 aromatic carbocycles. The van der Waals surface area contributed by atoms with Crippen molar-refractivity contribution in [1.82, 2.24) is 14.9 Å². The molecule has 2 heterocycles. The topological polar surface area (TPSA) is 90.0 Å². The first kappa shape index (κ1) is 18.1. The largest absolute Gasteiger partial charge is 0.338 e. The number of amides is 1. The summed E-state index contributed by atoms with van der Waals surface area (Å²) in [6, 6.07) is 12.5. The molecule has 1 N–H and O–H groups in total. The van der Waals surface area contributed by atoms with Crippen LogP contribution in [0.1, 0.15) is 18.5 Å². The Labute approximate surface area is 158 Å². The van der Waals surface area contributed by atoms with Crippen molar-refractivity contribution in [1.29, 1.82) is 0 Å². The van der Waals surface area contributed by atoms with Gasteiger partial charge in [-0.15, -0.1) is 0 Å². The van der Waals surface area contributed by atoms with Gasteiger partial charge in [0.15, 0.2) is 0 Å². The van der Waals surface area contributed by atoms with Crippen LogP contribution < -0.4 is 10.9 Å². The maximum atomic E-state index is 12.0. The van der Waals surface area contributed by atoms with Crippen LogP contribution in [0.25, 0.3) is 11.3 Å². The van der Waals surface area contributed by atoms with Crippen LogP contribution in [0.5, 0.6) is 0 Å². The number of benzene rings is 1. The number of hydrogen-bond donors (Lipinski definition) is 1. The second-order valence-corrected chi connectivity index (χ2v) is 6.69. The first-order chi connectivity index (χ1) is 12.5. The van der Waals surface area contributed by atoms with Crippen LogP contribution >= 0.6 is 15.9 Å². The Morgan fingerprint density at radius 3 is 2.69 bits per heavy atom. The molecule has 0 spiro atoms. The summed E-state index contributed by atoms with van der Waals surface area (Å²) < 4.78 is 7.29. The molecule has 0 aliphatic rings. The van der Waals surface area contributed by atoms with E-state index >= 15 is 0 Å². The van der Waals surface area contributed by atoms with E-state index in [0.29, 0.717) is 30.2 Å². The van der Waals surface area contributed by atoms with Gasteiger partial charge in [0.25, 0.3) is 5.56 Å². The highest BCUT2D eigenvalue weighted by atomic mass is 79.9. The number of rotatable bonds is 6. The molecule has 0 bridgehead atoms. The molecule has 0 fully saturated rings. The number of hydrogen-bond acceptors (Lipinski definition) is 5. The number of aromatic nitrogens is 3. The summed E-state index contributed by atoms with van der Waals surface area (Å²) in [5.74, 6) is 0.123. The predicted octanol–water partition coefficient (Wildman–Crippen LogP) is 3.39. The lowest BCUT2D eigenvalue weighted by atomic mass is 10.1. The Bertz CT molecular complexity index is 963. The normalized spacial score (nSPS) is 10.7. The average Bonchev–Trinajstić information content (AvgIpc) is 3.02. The average molecular weight is 417 g/mol. The van der Waals surface area contributed by atoms with E-state index in [4.69, 9.17) is 4.52 Å². The molecule has 0 aliphatic heterocycles. The summed E-state index contributed by atoms with van der Waals surface area (Å²) in [6.45, 7) is 2.13. The van der Waals surface area contributed by atoms with Gasteiger partial charge >= 0.3 is 0 Å². The lowest BCUT2D eigenvalue weighted by Gasteiger charge is -2.07. The number of aryl methyl sites for hydroxylation is 2. The molecule has 26 heavy (non-hydrogen) atoms. The Morgan fingerprint density at radius 2 is 2.00 bits per heavy atom. The summed E-state index contributed by atoms with van der Waals surface area (Å²) in [5.41, 5.74) is 2.12. The van der Waals surface area contributed by atoms with E-state index in [1.54, 1.807) is 19.1 Å². The molecule has 3 aromatic rings. The fraction of sp³-hybridized carbons (Fsp3) is 0.222. The lowest BCUT2D eigenvalue weighted by molar-refractivity contribution is -0.116. The van der Waals surface area contributed by atoms with Crippen LogP contribution in [0.15, 0.2) is 56.3 Å². The standard InChI is InChI=1S/C18H17BrN4O3/c1-12-11-17(26-22-12)20-16(24)3-2-10-23-18(25)9-8-15(21-23)13-4-6-14(19)7-5-13/h4-9,11H,2-3,10H2,1H3,(H,20,24). The van der Waals surface area contributed by atoms with Gasteiger partial charge in [-0.05, 0) is 31.5 Å². The van der Waals surface area contributed by atoms with E-state index in [9.17, 15) is 9.59 Å². The van der Waals surface area contributed by atoms with E-state index in [1.165, 1.54) is 10.7 Å². The third kappa shape index (κ3) is 4.66. The highest BCUT2D eigenvalue weighted by molar-refractivity contribution is 9.10. The van der Waals surface area contributed by atoms with Gasteiger partial charge < -0.3 is 4.52 Å². The van der Waals surface area contributed by atoms with Crippen molar-refractivity contribution in [3.8, 4) is 11.3 Å². The molecule has 0 saturated heterocycles. The van der Waals surface area contributed by atoms with Crippen LogP contribution in [0.3, 0.4) is 0 Å². The molecule has 0 atom stereocenters. The predicted molar refractivity (Wildman–Crippen MR) is 101 cm³/mol. The zero-order chi connectivity index (χ0) is 18.5. The fourth-order valence-electron chi connectivity index (χ4n) is 2.40. The van der Waals surface area contributed by atoms with Crippen LogP contribution in [0.2, 0.25) is 0 Å². The number of halogens is 1. The number of nitrogens with one attached hydrogen (secondary N) is 1. The maximum absolute atomic E-state index is 12.0. The van der Waals surface area contributed by atoms with Gasteiger partial charge in [0.05, 0.1) is 11.4 Å². The van der Waals surface area contributed by atoms with Crippen molar-refractivity contribution in [3.05, 3.63) is 63.0 Å². The van der Waals surface area contributed by atoms with E-state index in [0.717, 1.165) is 10.0 Å². The van der Waals surface area contributed by atoms with Gasteiger partial charge in [-0.2, -0.15) is 5.10 Å². The van der Waals surface area contributed by atoms with E-state index < -0.39 is 0 Å². The molecule has 8 heteroatoms. The molecular formula is C18H17BrN4O3. The van der Waals surface area contributed by atoms with E-state index in [-0.39, 0.29) is 17.9 Å². The fourth-order valence-corrected chi connectivity index (χ4v) is 2.66. The third-order valence-corrected chi connectivity index (χ3v) is 4.20. The molecule has 134 valence electrons. The molecular weight excluding hydrogens is 400 g/mol. The minimum Gasteiger partial charge on any atom is -0.338 e. The zero-order valence-electron chi connectivity index (χ0n) is 14.1. The Hall–Kier alpha value is -2.74. The molecule has 0 aliphatic carbocycles. The molecule has 0 radical (unpaired) electrons. The highest BCUT2D eigenvalue weighted by Crippen LogP contribution is 2.18. The van der Waals surface area contributed by atoms with Gasteiger partial charge in [0.2, 0.25) is 11.8 Å². The van der Waals surface area contributed by atoms with Crippen LogP contribution in [0, 0.1) is 6.92 Å². The Kier molecular flexibility index (Phi) is 5.62. The zero-order valence-corrected chi connectivity index (χ0v) is 15.7. The van der Waals surface area contributed by atoms with Gasteiger partial charge in [0, 0.05) is 35.1 Å². The van der Waals surface area contributed by atoms with Crippen molar-refractivity contribution >= 4 is 27.7 Å². The minimum absolute atomic E-state index is 0.196. The summed E-state index contributed by atoms with van der Waals surface area (Å²) in [5, 5.41) is 10.7. The molecule has 0 saturated carbocycles. The monoisotopic (exact) mass is 416 g/mol. The number of nitrogens with zero attached hydrogens (tertiary/aromatic N) is 3. The maximum Gasteiger partial charge on any atom is 0.266 e. The van der Waals surface area contributed by atoms with Crippen LogP contribution in [0.4, 0.5) is 5.88 Å². The Balaban J connectivity index is 1.60. The minimum atomic E-state index is -0.197. The van der Waals surface area contributed by atoms with Gasteiger partial charge in [0.1, 0.15) is 0 Å². The molecule has 1 amide bonds. The van der Waals surface area contributed by atoms with Crippen molar-refractivity contribution in [2.24, 2.45) is 0 Å². The highest BCUT2D eigenvalue weighted by Gasteiger charge is 2.08. The lowest BCUT2D eigenvalue weighted by Crippen LogP contribution is -2.23. The van der Waals surface area contributed by atoms with Gasteiger partial charge in [-0.1, -0.05) is 33.2 Å². The Morgan fingerprint density at radius 1 is 1.23 bits per heavy atom. The van der Waals surface area contributed by atoms with Crippen molar-refractivity contribution in [3.63, 3.8) is 0 Å². The van der Waals surface area contributed by atoms with E-state index in [1.807, 2.05) is 24.3 Å². The molecule has 0 unspecified atom stereocenters. The molecule has 7 nitrogen and oxygen atoms in total. The van der Waals surface area contributed by atoms with Gasteiger partial charge in [-0.25, -0.2) is 4.68 Å². The summed E-state index contributed by atoms with van der Waals surface area (Å²) >= 11 is 3.39. The summed E-state index contributed by atoms with van der Waals surface area (Å²) in [6.07, 6.45) is 0.728. The first-order valence-corrected chi connectivity index (χ1v) is 8.88. The smallest absolute Gasteiger partial charge is 0.266 e. The van der Waals surface area contributed by atoms with Crippen LogP contribution in [-0.4, -0.2) is 20.8 Å². The number of anilines is 1. The second-order valence-electron chi connectivity index (χ2n) is 5.77. The SMILES string of the molecule is Cc1cc(NC(=O)CCCn2nc(-c3ccc(Br)cc3)ccc2=O)on1. The quantitative estimate of drug-likeness (QED) is 0.664. The number of carbonyl (C=O) groups excluding carboxylic acids is 1. The molecule has 2 aromatic heterocycles. The molecule has 3 rings (SSSR count). The van der Waals surface area contributed by atoms with Crippen LogP contribution in [-0.2, 0) is 11.3 Å². The number of carbonyl (C=O) groups is 1. The first-order valence-electron chi connectivity index (χ1n) is 8.08. The van der Waals surface area contributed by atoms with E-state index in [2.05, 4.69) is 31.5 Å². The summed E-state index contributed by atoms with van der Waals surface area (Å²) in [4.78, 5) is 23.9. The van der Waals surface area contributed by atoms with Crippen molar-refractivity contribution < 1.29 is 9.32 Å². The van der Waals surface area contributed by atoms with Gasteiger partial charge in [-0.3, -0.25) is 14.9 Å². The van der Waals surface area contributed by atoms with Crippen molar-refractivity contribution in [2.45, 2.75) is 26.3 Å².